The van der Waals surface area contributed by atoms with Gasteiger partial charge in [0, 0.05) is 6.54 Å². The highest BCUT2D eigenvalue weighted by Crippen LogP contribution is 2.18. The number of aryl methyl sites for hydroxylation is 3. The summed E-state index contributed by atoms with van der Waals surface area (Å²) in [7, 11) is 0. The third-order valence-corrected chi connectivity index (χ3v) is 3.32. The van der Waals surface area contributed by atoms with Gasteiger partial charge in [0.05, 0.1) is 12.7 Å². The smallest absolute Gasteiger partial charge is 0.0726 e. The molecule has 0 aliphatic carbocycles. The fraction of sp³-hybridized carbons (Fsp3) is 0.571. The first-order valence-corrected chi connectivity index (χ1v) is 6.06. The van der Waals surface area contributed by atoms with Crippen LogP contribution in [0.5, 0.6) is 0 Å². The number of hydrogen-bond donors (Lipinski definition) is 1. The highest BCUT2D eigenvalue weighted by atomic mass is 16.5. The highest BCUT2D eigenvalue weighted by Gasteiger charge is 2.15. The van der Waals surface area contributed by atoms with E-state index < -0.39 is 0 Å². The molecule has 0 saturated carbocycles. The fourth-order valence-electron chi connectivity index (χ4n) is 2.41. The molecule has 2 heteroatoms. The zero-order valence-corrected chi connectivity index (χ0v) is 10.5. The van der Waals surface area contributed by atoms with Crippen molar-refractivity contribution >= 4 is 0 Å². The molecule has 2 nitrogen and oxygen atoms in total. The van der Waals surface area contributed by atoms with Crippen molar-refractivity contribution in [3.05, 3.63) is 34.4 Å². The van der Waals surface area contributed by atoms with Crippen molar-refractivity contribution in [2.24, 2.45) is 0 Å². The van der Waals surface area contributed by atoms with Crippen LogP contribution in [0, 0.1) is 20.8 Å². The van der Waals surface area contributed by atoms with Gasteiger partial charge in [0.1, 0.15) is 0 Å². The lowest BCUT2D eigenvalue weighted by atomic mass is 10.0. The van der Waals surface area contributed by atoms with E-state index in [0.29, 0.717) is 6.10 Å². The fourth-order valence-corrected chi connectivity index (χ4v) is 2.41. The van der Waals surface area contributed by atoms with Crippen molar-refractivity contribution in [2.75, 3.05) is 13.1 Å². The summed E-state index contributed by atoms with van der Waals surface area (Å²) < 4.78 is 5.93. The van der Waals surface area contributed by atoms with Crippen LogP contribution in [0.3, 0.4) is 0 Å². The number of rotatable bonds is 3. The molecule has 1 fully saturated rings. The van der Waals surface area contributed by atoms with Crippen LogP contribution in [0.15, 0.2) is 12.1 Å². The quantitative estimate of drug-likeness (QED) is 0.843. The molecule has 0 aromatic heterocycles. The molecule has 0 radical (unpaired) electrons. The van der Waals surface area contributed by atoms with Gasteiger partial charge in [-0.25, -0.2) is 0 Å². The summed E-state index contributed by atoms with van der Waals surface area (Å²) in [4.78, 5) is 0. The van der Waals surface area contributed by atoms with Crippen LogP contribution in [0.4, 0.5) is 0 Å². The molecular formula is C14H21NO. The Bertz CT molecular complexity index is 344. The maximum Gasteiger partial charge on any atom is 0.0726 e. The predicted molar refractivity (Wildman–Crippen MR) is 66.7 cm³/mol. The minimum Gasteiger partial charge on any atom is -0.372 e. The molecule has 88 valence electrons. The Morgan fingerprint density at radius 3 is 2.50 bits per heavy atom. The van der Waals surface area contributed by atoms with Crippen LogP contribution in [-0.2, 0) is 11.3 Å². The van der Waals surface area contributed by atoms with E-state index in [2.05, 4.69) is 38.2 Å². The molecule has 1 atom stereocenters. The lowest BCUT2D eigenvalue weighted by Gasteiger charge is -2.15. The normalized spacial score (nSPS) is 20.3. The average Bonchev–Trinajstić information content (AvgIpc) is 2.68. The van der Waals surface area contributed by atoms with Gasteiger partial charge in [-0.1, -0.05) is 17.7 Å². The molecule has 1 aliphatic heterocycles. The molecule has 1 aromatic rings. The van der Waals surface area contributed by atoms with E-state index in [1.54, 1.807) is 0 Å². The number of ether oxygens (including phenoxy) is 1. The Balaban J connectivity index is 2.03. The van der Waals surface area contributed by atoms with E-state index >= 15 is 0 Å². The van der Waals surface area contributed by atoms with Crippen LogP contribution in [0.1, 0.15) is 28.7 Å². The summed E-state index contributed by atoms with van der Waals surface area (Å²) in [6, 6.07) is 4.47. The Morgan fingerprint density at radius 1 is 1.25 bits per heavy atom. The maximum atomic E-state index is 5.93. The molecule has 1 unspecified atom stereocenters. The monoisotopic (exact) mass is 219 g/mol. The van der Waals surface area contributed by atoms with Crippen LogP contribution < -0.4 is 5.32 Å². The first-order valence-electron chi connectivity index (χ1n) is 6.06. The first kappa shape index (κ1) is 11.6. The molecule has 2 rings (SSSR count). The van der Waals surface area contributed by atoms with Crippen molar-refractivity contribution in [1.29, 1.82) is 0 Å². The summed E-state index contributed by atoms with van der Waals surface area (Å²) in [5, 5.41) is 3.32. The average molecular weight is 219 g/mol. The van der Waals surface area contributed by atoms with Crippen LogP contribution in [-0.4, -0.2) is 19.2 Å². The van der Waals surface area contributed by atoms with Gasteiger partial charge in [0.2, 0.25) is 0 Å². The summed E-state index contributed by atoms with van der Waals surface area (Å²) in [5.41, 5.74) is 5.39. The summed E-state index contributed by atoms with van der Waals surface area (Å²) >= 11 is 0. The van der Waals surface area contributed by atoms with Crippen molar-refractivity contribution in [1.82, 2.24) is 5.32 Å². The van der Waals surface area contributed by atoms with E-state index in [-0.39, 0.29) is 0 Å². The van der Waals surface area contributed by atoms with E-state index in [1.165, 1.54) is 22.3 Å². The molecule has 0 bridgehead atoms. The Kier molecular flexibility index (Phi) is 3.62. The van der Waals surface area contributed by atoms with Crippen LogP contribution in [0.25, 0.3) is 0 Å². The van der Waals surface area contributed by atoms with Crippen molar-refractivity contribution in [2.45, 2.75) is 39.9 Å². The number of nitrogens with one attached hydrogen (secondary N) is 1. The van der Waals surface area contributed by atoms with Gasteiger partial charge >= 0.3 is 0 Å². The second-order valence-corrected chi connectivity index (χ2v) is 4.80. The molecule has 0 spiro atoms. The molecule has 1 saturated heterocycles. The molecule has 1 aromatic carbocycles. The lowest BCUT2D eigenvalue weighted by Crippen LogP contribution is -2.17. The van der Waals surface area contributed by atoms with Gasteiger partial charge < -0.3 is 10.1 Å². The number of benzene rings is 1. The van der Waals surface area contributed by atoms with E-state index in [4.69, 9.17) is 4.74 Å². The summed E-state index contributed by atoms with van der Waals surface area (Å²) in [5.74, 6) is 0. The predicted octanol–water partition coefficient (Wildman–Crippen LogP) is 2.49. The Hall–Kier alpha value is -0.860. The topological polar surface area (TPSA) is 21.3 Å². The van der Waals surface area contributed by atoms with Gasteiger partial charge in [0.25, 0.3) is 0 Å². The molecule has 16 heavy (non-hydrogen) atoms. The minimum atomic E-state index is 0.403. The SMILES string of the molecule is Cc1cc(C)c(COC2CCNC2)c(C)c1. The summed E-state index contributed by atoms with van der Waals surface area (Å²) in [6.07, 6.45) is 1.55. The van der Waals surface area contributed by atoms with Crippen molar-refractivity contribution in [3.63, 3.8) is 0 Å². The largest absolute Gasteiger partial charge is 0.372 e. The van der Waals surface area contributed by atoms with Gasteiger partial charge in [-0.2, -0.15) is 0 Å². The Labute approximate surface area is 98.0 Å². The van der Waals surface area contributed by atoms with Gasteiger partial charge in [-0.05, 0) is 50.4 Å². The third-order valence-electron chi connectivity index (χ3n) is 3.32. The number of hydrogen-bond acceptors (Lipinski definition) is 2. The first-order chi connectivity index (χ1) is 7.66. The van der Waals surface area contributed by atoms with E-state index in [9.17, 15) is 0 Å². The van der Waals surface area contributed by atoms with Crippen LogP contribution in [0.2, 0.25) is 0 Å². The van der Waals surface area contributed by atoms with Crippen LogP contribution >= 0.6 is 0 Å². The maximum absolute atomic E-state index is 5.93. The molecular weight excluding hydrogens is 198 g/mol. The molecule has 1 aliphatic rings. The van der Waals surface area contributed by atoms with Crippen molar-refractivity contribution < 1.29 is 4.74 Å². The second-order valence-electron chi connectivity index (χ2n) is 4.80. The van der Waals surface area contributed by atoms with E-state index in [0.717, 1.165) is 26.1 Å². The second kappa shape index (κ2) is 4.98. The van der Waals surface area contributed by atoms with Gasteiger partial charge in [0.15, 0.2) is 0 Å². The Morgan fingerprint density at radius 2 is 1.94 bits per heavy atom. The van der Waals surface area contributed by atoms with Gasteiger partial charge in [-0.15, -0.1) is 0 Å². The molecule has 1 N–H and O–H groups in total. The summed E-state index contributed by atoms with van der Waals surface area (Å²) in [6.45, 7) is 9.34. The zero-order chi connectivity index (χ0) is 11.5. The van der Waals surface area contributed by atoms with Gasteiger partial charge in [-0.3, -0.25) is 0 Å². The standard InChI is InChI=1S/C14H21NO/c1-10-6-11(2)14(12(3)7-10)9-16-13-4-5-15-8-13/h6-7,13,15H,4-5,8-9H2,1-3H3. The lowest BCUT2D eigenvalue weighted by molar-refractivity contribution is 0.0536. The zero-order valence-electron chi connectivity index (χ0n) is 10.5. The minimum absolute atomic E-state index is 0.403. The highest BCUT2D eigenvalue weighted by molar-refractivity contribution is 5.36. The molecule has 1 heterocycles. The third kappa shape index (κ3) is 2.63. The van der Waals surface area contributed by atoms with Crippen molar-refractivity contribution in [3.8, 4) is 0 Å². The van der Waals surface area contributed by atoms with E-state index in [1.807, 2.05) is 0 Å². The molecule has 0 amide bonds.